The van der Waals surface area contributed by atoms with Gasteiger partial charge in [-0.3, -0.25) is 0 Å². The molecule has 0 amide bonds. The summed E-state index contributed by atoms with van der Waals surface area (Å²) in [7, 11) is 0. The molecule has 0 N–H and O–H groups in total. The van der Waals surface area contributed by atoms with E-state index in [-0.39, 0.29) is 12.4 Å². The predicted octanol–water partition coefficient (Wildman–Crippen LogP) is 2.94. The third-order valence-corrected chi connectivity index (χ3v) is 2.13. The van der Waals surface area contributed by atoms with Crippen molar-refractivity contribution >= 4 is 12.4 Å². The molecule has 1 aromatic heterocycles. The van der Waals surface area contributed by atoms with Gasteiger partial charge in [0, 0.05) is 18.9 Å². The minimum atomic E-state index is 0. The van der Waals surface area contributed by atoms with Crippen molar-refractivity contribution in [1.82, 2.24) is 9.55 Å². The van der Waals surface area contributed by atoms with Crippen molar-refractivity contribution in [3.8, 4) is 5.75 Å². The van der Waals surface area contributed by atoms with Crippen LogP contribution in [0.25, 0.3) is 0 Å². The lowest BCUT2D eigenvalue weighted by Crippen LogP contribution is -1.94. The highest BCUT2D eigenvalue weighted by Crippen LogP contribution is 2.07. The Morgan fingerprint density at radius 2 is 2.00 bits per heavy atom. The summed E-state index contributed by atoms with van der Waals surface area (Å²) in [6, 6.07) is 9.80. The van der Waals surface area contributed by atoms with Gasteiger partial charge in [-0.15, -0.1) is 12.4 Å². The first-order valence-electron chi connectivity index (χ1n) is 5.24. The van der Waals surface area contributed by atoms with Gasteiger partial charge in [0.1, 0.15) is 12.4 Å². The van der Waals surface area contributed by atoms with E-state index in [2.05, 4.69) is 11.1 Å². The highest BCUT2D eigenvalue weighted by molar-refractivity contribution is 5.85. The van der Waals surface area contributed by atoms with E-state index < -0.39 is 0 Å². The second-order valence-corrected chi connectivity index (χ2v) is 3.35. The van der Waals surface area contributed by atoms with Crippen molar-refractivity contribution in [1.29, 1.82) is 0 Å². The molecule has 0 aliphatic carbocycles. The Bertz CT molecular complexity index is 426. The van der Waals surface area contributed by atoms with Gasteiger partial charge < -0.3 is 9.30 Å². The van der Waals surface area contributed by atoms with Crippen molar-refractivity contribution in [2.75, 3.05) is 6.61 Å². The fourth-order valence-corrected chi connectivity index (χ4v) is 1.32. The summed E-state index contributed by atoms with van der Waals surface area (Å²) in [4.78, 5) is 3.97. The molecule has 3 nitrogen and oxygen atoms in total. The molecule has 90 valence electrons. The highest BCUT2D eigenvalue weighted by Gasteiger charge is 1.87. The molecule has 0 aliphatic heterocycles. The van der Waals surface area contributed by atoms with Crippen LogP contribution < -0.4 is 4.74 Å². The topological polar surface area (TPSA) is 27.1 Å². The molecule has 0 aliphatic rings. The van der Waals surface area contributed by atoms with Gasteiger partial charge in [-0.05, 0) is 18.2 Å². The molecule has 0 saturated heterocycles. The van der Waals surface area contributed by atoms with E-state index in [4.69, 9.17) is 4.74 Å². The molecule has 0 spiro atoms. The number of halogens is 1. The second kappa shape index (κ2) is 7.52. The van der Waals surface area contributed by atoms with Crippen LogP contribution in [0.4, 0.5) is 0 Å². The zero-order valence-corrected chi connectivity index (χ0v) is 10.2. The maximum atomic E-state index is 5.51. The number of imidazole rings is 1. The van der Waals surface area contributed by atoms with E-state index >= 15 is 0 Å². The maximum absolute atomic E-state index is 5.51. The number of aromatic nitrogens is 2. The quantitative estimate of drug-likeness (QED) is 0.763. The van der Waals surface area contributed by atoms with Gasteiger partial charge in [0.15, 0.2) is 0 Å². The van der Waals surface area contributed by atoms with Crippen molar-refractivity contribution in [2.45, 2.75) is 6.54 Å². The van der Waals surface area contributed by atoms with Crippen LogP contribution in [-0.4, -0.2) is 16.2 Å². The SMILES string of the molecule is C(=C\Cn1ccnc1)/COc1ccccc1.Cl. The number of allylic oxidation sites excluding steroid dienone is 1. The predicted molar refractivity (Wildman–Crippen MR) is 70.6 cm³/mol. The lowest BCUT2D eigenvalue weighted by molar-refractivity contribution is 0.362. The van der Waals surface area contributed by atoms with Crippen molar-refractivity contribution in [3.63, 3.8) is 0 Å². The Kier molecular flexibility index (Phi) is 5.89. The summed E-state index contributed by atoms with van der Waals surface area (Å²) >= 11 is 0. The Morgan fingerprint density at radius 1 is 1.18 bits per heavy atom. The molecule has 0 fully saturated rings. The zero-order chi connectivity index (χ0) is 11.1. The van der Waals surface area contributed by atoms with Crippen molar-refractivity contribution in [2.24, 2.45) is 0 Å². The van der Waals surface area contributed by atoms with Crippen LogP contribution in [0.3, 0.4) is 0 Å². The first-order chi connectivity index (χ1) is 7.95. The molecule has 17 heavy (non-hydrogen) atoms. The Hall–Kier alpha value is -1.74. The molecule has 1 aromatic carbocycles. The van der Waals surface area contributed by atoms with Crippen molar-refractivity contribution < 1.29 is 4.74 Å². The van der Waals surface area contributed by atoms with Gasteiger partial charge in [-0.1, -0.05) is 24.3 Å². The molecule has 0 atom stereocenters. The number of hydrogen-bond acceptors (Lipinski definition) is 2. The van der Waals surface area contributed by atoms with E-state index in [1.807, 2.05) is 47.2 Å². The molecule has 2 rings (SSSR count). The van der Waals surface area contributed by atoms with E-state index in [9.17, 15) is 0 Å². The van der Waals surface area contributed by atoms with Gasteiger partial charge in [0.05, 0.1) is 6.33 Å². The van der Waals surface area contributed by atoms with Gasteiger partial charge in [0.25, 0.3) is 0 Å². The molecular formula is C13H15ClN2O. The summed E-state index contributed by atoms with van der Waals surface area (Å²) in [5.41, 5.74) is 0. The standard InChI is InChI=1S/C13H14N2O.ClH/c1-2-6-13(7-3-1)16-11-5-4-9-15-10-8-14-12-15;/h1-8,10,12H,9,11H2;1H/b5-4+;. The Morgan fingerprint density at radius 3 is 2.71 bits per heavy atom. The highest BCUT2D eigenvalue weighted by atomic mass is 35.5. The molecular weight excluding hydrogens is 236 g/mol. The molecule has 0 bridgehead atoms. The van der Waals surface area contributed by atoms with E-state index in [0.29, 0.717) is 6.61 Å². The van der Waals surface area contributed by atoms with Crippen LogP contribution in [0.2, 0.25) is 0 Å². The monoisotopic (exact) mass is 250 g/mol. The molecule has 0 unspecified atom stereocenters. The first kappa shape index (κ1) is 13.3. The molecule has 2 aromatic rings. The van der Waals surface area contributed by atoms with Crippen molar-refractivity contribution in [3.05, 3.63) is 61.2 Å². The third kappa shape index (κ3) is 4.74. The van der Waals surface area contributed by atoms with Crippen LogP contribution in [0, 0.1) is 0 Å². The fourth-order valence-electron chi connectivity index (χ4n) is 1.32. The van der Waals surface area contributed by atoms with E-state index in [1.54, 1.807) is 12.5 Å². The summed E-state index contributed by atoms with van der Waals surface area (Å²) in [5.74, 6) is 0.898. The van der Waals surface area contributed by atoms with Gasteiger partial charge in [0.2, 0.25) is 0 Å². The van der Waals surface area contributed by atoms with Crippen LogP contribution in [0.5, 0.6) is 5.75 Å². The summed E-state index contributed by atoms with van der Waals surface area (Å²) in [6.07, 6.45) is 9.57. The number of hydrogen-bond donors (Lipinski definition) is 0. The minimum absolute atomic E-state index is 0. The third-order valence-electron chi connectivity index (χ3n) is 2.13. The number of rotatable bonds is 5. The fraction of sp³-hybridized carbons (Fsp3) is 0.154. The molecule has 0 saturated carbocycles. The van der Waals surface area contributed by atoms with Gasteiger partial charge >= 0.3 is 0 Å². The first-order valence-corrected chi connectivity index (χ1v) is 5.24. The number of para-hydroxylation sites is 1. The van der Waals surface area contributed by atoms with Crippen LogP contribution in [0.1, 0.15) is 0 Å². The Balaban J connectivity index is 0.00000144. The number of benzene rings is 1. The second-order valence-electron chi connectivity index (χ2n) is 3.35. The average molecular weight is 251 g/mol. The smallest absolute Gasteiger partial charge is 0.119 e. The lowest BCUT2D eigenvalue weighted by Gasteiger charge is -2.01. The lowest BCUT2D eigenvalue weighted by atomic mass is 10.3. The largest absolute Gasteiger partial charge is 0.490 e. The van der Waals surface area contributed by atoms with E-state index in [1.165, 1.54) is 0 Å². The van der Waals surface area contributed by atoms with Crippen LogP contribution in [-0.2, 0) is 6.54 Å². The number of ether oxygens (including phenoxy) is 1. The molecule has 1 heterocycles. The number of nitrogens with zero attached hydrogens (tertiary/aromatic N) is 2. The van der Waals surface area contributed by atoms with Gasteiger partial charge in [-0.25, -0.2) is 4.98 Å². The summed E-state index contributed by atoms with van der Waals surface area (Å²) in [6.45, 7) is 1.43. The zero-order valence-electron chi connectivity index (χ0n) is 9.40. The summed E-state index contributed by atoms with van der Waals surface area (Å²) < 4.78 is 7.51. The molecule has 0 radical (unpaired) electrons. The minimum Gasteiger partial charge on any atom is -0.490 e. The van der Waals surface area contributed by atoms with Gasteiger partial charge in [-0.2, -0.15) is 0 Å². The summed E-state index contributed by atoms with van der Waals surface area (Å²) in [5, 5.41) is 0. The normalized spacial score (nSPS) is 10.1. The maximum Gasteiger partial charge on any atom is 0.119 e. The van der Waals surface area contributed by atoms with E-state index in [0.717, 1.165) is 12.3 Å². The Labute approximate surface area is 107 Å². The molecule has 4 heteroatoms. The van der Waals surface area contributed by atoms with Crippen LogP contribution >= 0.6 is 12.4 Å². The van der Waals surface area contributed by atoms with Crippen LogP contribution in [0.15, 0.2) is 61.2 Å². The average Bonchev–Trinajstić information content (AvgIpc) is 2.83.